The number of rotatable bonds is 7. The van der Waals surface area contributed by atoms with Crippen molar-refractivity contribution >= 4 is 23.2 Å². The molecule has 2 aromatic rings. The molecule has 0 aliphatic heterocycles. The van der Waals surface area contributed by atoms with Crippen molar-refractivity contribution < 1.29 is 19.1 Å². The summed E-state index contributed by atoms with van der Waals surface area (Å²) in [4.78, 5) is 27.7. The summed E-state index contributed by atoms with van der Waals surface area (Å²) in [5.74, 6) is -1.16. The molecule has 0 fully saturated rings. The van der Waals surface area contributed by atoms with Gasteiger partial charge >= 0.3 is 5.97 Å². The Kier molecular flexibility index (Phi) is 5.20. The van der Waals surface area contributed by atoms with Gasteiger partial charge in [-0.2, -0.15) is 0 Å². The van der Waals surface area contributed by atoms with Gasteiger partial charge in [-0.15, -0.1) is 11.3 Å². The van der Waals surface area contributed by atoms with Gasteiger partial charge in [0.05, 0.1) is 24.8 Å². The third kappa shape index (κ3) is 4.41. The predicted molar refractivity (Wildman–Crippen MR) is 87.2 cm³/mol. The minimum absolute atomic E-state index is 0.000486. The van der Waals surface area contributed by atoms with Crippen molar-refractivity contribution in [3.8, 4) is 10.6 Å². The lowest BCUT2D eigenvalue weighted by molar-refractivity contribution is -0.139. The number of carbonyl (C=O) groups is 2. The number of nitrogens with zero attached hydrogens (tertiary/aromatic N) is 1. The molecule has 124 valence electrons. The van der Waals surface area contributed by atoms with Gasteiger partial charge in [-0.25, -0.2) is 4.98 Å². The second-order valence-electron chi connectivity index (χ2n) is 6.02. The zero-order valence-corrected chi connectivity index (χ0v) is 14.1. The van der Waals surface area contributed by atoms with E-state index in [9.17, 15) is 9.59 Å². The maximum Gasteiger partial charge on any atom is 0.305 e. The van der Waals surface area contributed by atoms with Gasteiger partial charge in [0.2, 0.25) is 5.91 Å². The minimum atomic E-state index is -0.933. The summed E-state index contributed by atoms with van der Waals surface area (Å²) in [7, 11) is 0. The number of hydrogen-bond acceptors (Lipinski definition) is 5. The maximum absolute atomic E-state index is 12.3. The van der Waals surface area contributed by atoms with Gasteiger partial charge in [0.1, 0.15) is 11.3 Å². The molecule has 0 aliphatic carbocycles. The molecule has 1 atom stereocenters. The Bertz CT molecular complexity index is 678. The molecule has 0 saturated carbocycles. The normalized spacial score (nSPS) is 13.7. The lowest BCUT2D eigenvalue weighted by Gasteiger charge is -2.33. The molecule has 2 N–H and O–H groups in total. The van der Waals surface area contributed by atoms with E-state index in [4.69, 9.17) is 9.52 Å². The molecule has 0 aromatic carbocycles. The average Bonchev–Trinajstić information content (AvgIpc) is 3.07. The molecule has 0 bridgehead atoms. The van der Waals surface area contributed by atoms with Crippen molar-refractivity contribution in [1.29, 1.82) is 0 Å². The van der Waals surface area contributed by atoms with E-state index in [2.05, 4.69) is 10.3 Å². The molecular weight excluding hydrogens is 316 g/mol. The number of carbonyl (C=O) groups excluding carboxylic acids is 1. The second-order valence-corrected chi connectivity index (χ2v) is 6.88. The van der Waals surface area contributed by atoms with Crippen LogP contribution in [0.2, 0.25) is 0 Å². The molecule has 0 radical (unpaired) electrons. The lowest BCUT2D eigenvalue weighted by Crippen LogP contribution is -2.51. The number of carboxylic acid groups (broad SMARTS) is 1. The quantitative estimate of drug-likeness (QED) is 0.811. The van der Waals surface area contributed by atoms with Crippen molar-refractivity contribution in [3.05, 3.63) is 29.7 Å². The molecule has 7 heteroatoms. The van der Waals surface area contributed by atoms with Crippen molar-refractivity contribution in [2.45, 2.75) is 39.2 Å². The molecule has 2 heterocycles. The van der Waals surface area contributed by atoms with Gasteiger partial charge < -0.3 is 14.8 Å². The van der Waals surface area contributed by atoms with Crippen LogP contribution in [0.5, 0.6) is 0 Å². The van der Waals surface area contributed by atoms with Crippen LogP contribution in [0.25, 0.3) is 10.6 Å². The summed E-state index contributed by atoms with van der Waals surface area (Å²) in [6.45, 7) is 5.54. The molecule has 0 saturated heterocycles. The Morgan fingerprint density at radius 3 is 2.78 bits per heavy atom. The zero-order valence-electron chi connectivity index (χ0n) is 13.3. The summed E-state index contributed by atoms with van der Waals surface area (Å²) < 4.78 is 5.02. The van der Waals surface area contributed by atoms with Crippen LogP contribution < -0.4 is 5.32 Å². The van der Waals surface area contributed by atoms with Crippen LogP contribution in [0.1, 0.15) is 32.9 Å². The van der Waals surface area contributed by atoms with E-state index in [-0.39, 0.29) is 24.7 Å². The number of furan rings is 1. The summed E-state index contributed by atoms with van der Waals surface area (Å²) in [5.41, 5.74) is 0.747. The van der Waals surface area contributed by atoms with E-state index in [0.29, 0.717) is 5.69 Å². The molecule has 23 heavy (non-hydrogen) atoms. The highest BCUT2D eigenvalue weighted by atomic mass is 32.1. The highest BCUT2D eigenvalue weighted by Gasteiger charge is 2.32. The molecule has 2 aromatic heterocycles. The standard InChI is InChI=1S/C16H20N2O4S/c1-10(2)16(3,7-14(20)21)18-13(19)6-12-9-23-15(17-12)11-4-5-22-8-11/h4-5,8-10H,6-7H2,1-3H3,(H,18,19)(H,20,21). The van der Waals surface area contributed by atoms with E-state index >= 15 is 0 Å². The van der Waals surface area contributed by atoms with Crippen LogP contribution >= 0.6 is 11.3 Å². The van der Waals surface area contributed by atoms with Crippen LogP contribution in [-0.2, 0) is 16.0 Å². The first-order valence-corrected chi connectivity index (χ1v) is 8.18. The second kappa shape index (κ2) is 6.95. The first-order valence-electron chi connectivity index (χ1n) is 7.30. The van der Waals surface area contributed by atoms with E-state index in [1.165, 1.54) is 11.3 Å². The topological polar surface area (TPSA) is 92.4 Å². The van der Waals surface area contributed by atoms with Gasteiger partial charge in [-0.3, -0.25) is 9.59 Å². The molecule has 0 spiro atoms. The predicted octanol–water partition coefficient (Wildman–Crippen LogP) is 2.95. The van der Waals surface area contributed by atoms with Gasteiger partial charge in [0, 0.05) is 16.5 Å². The Labute approximate surface area is 138 Å². The van der Waals surface area contributed by atoms with Crippen LogP contribution in [-0.4, -0.2) is 27.5 Å². The summed E-state index contributed by atoms with van der Waals surface area (Å²) >= 11 is 1.44. The molecule has 6 nitrogen and oxygen atoms in total. The van der Waals surface area contributed by atoms with Crippen molar-refractivity contribution in [2.24, 2.45) is 5.92 Å². The first kappa shape index (κ1) is 17.2. The SMILES string of the molecule is CC(C)C(C)(CC(=O)O)NC(=O)Cc1csc(-c2ccoc2)n1. The third-order valence-electron chi connectivity index (χ3n) is 3.88. The summed E-state index contributed by atoms with van der Waals surface area (Å²) in [6.07, 6.45) is 3.18. The molecular formula is C16H20N2O4S. The van der Waals surface area contributed by atoms with E-state index in [1.807, 2.05) is 25.3 Å². The number of hydrogen-bond donors (Lipinski definition) is 2. The number of aliphatic carboxylic acids is 1. The number of carboxylic acids is 1. The van der Waals surface area contributed by atoms with Gasteiger partial charge in [-0.05, 0) is 18.9 Å². The smallest absolute Gasteiger partial charge is 0.305 e. The number of aromatic nitrogens is 1. The number of amides is 1. The lowest BCUT2D eigenvalue weighted by atomic mass is 9.85. The summed E-state index contributed by atoms with van der Waals surface area (Å²) in [5, 5.41) is 14.5. The number of thiazole rings is 1. The fourth-order valence-electron chi connectivity index (χ4n) is 2.14. The Morgan fingerprint density at radius 1 is 1.48 bits per heavy atom. The highest BCUT2D eigenvalue weighted by Crippen LogP contribution is 2.25. The first-order chi connectivity index (χ1) is 10.8. The zero-order chi connectivity index (χ0) is 17.0. The fourth-order valence-corrected chi connectivity index (χ4v) is 2.95. The Morgan fingerprint density at radius 2 is 2.22 bits per heavy atom. The monoisotopic (exact) mass is 336 g/mol. The van der Waals surface area contributed by atoms with Gasteiger partial charge in [-0.1, -0.05) is 13.8 Å². The van der Waals surface area contributed by atoms with Gasteiger partial charge in [0.15, 0.2) is 0 Å². The van der Waals surface area contributed by atoms with Crippen molar-refractivity contribution in [2.75, 3.05) is 0 Å². The van der Waals surface area contributed by atoms with Gasteiger partial charge in [0.25, 0.3) is 0 Å². The Balaban J connectivity index is 2.02. The van der Waals surface area contributed by atoms with Crippen LogP contribution in [0, 0.1) is 5.92 Å². The average molecular weight is 336 g/mol. The molecule has 0 aliphatic rings. The van der Waals surface area contributed by atoms with E-state index in [1.54, 1.807) is 19.5 Å². The third-order valence-corrected chi connectivity index (χ3v) is 4.82. The Hall–Kier alpha value is -2.15. The maximum atomic E-state index is 12.3. The van der Waals surface area contributed by atoms with Crippen molar-refractivity contribution in [3.63, 3.8) is 0 Å². The van der Waals surface area contributed by atoms with Crippen molar-refractivity contribution in [1.82, 2.24) is 10.3 Å². The van der Waals surface area contributed by atoms with Crippen LogP contribution in [0.3, 0.4) is 0 Å². The largest absolute Gasteiger partial charge is 0.481 e. The fraction of sp³-hybridized carbons (Fsp3) is 0.438. The number of nitrogens with one attached hydrogen (secondary N) is 1. The molecule has 1 amide bonds. The minimum Gasteiger partial charge on any atom is -0.481 e. The van der Waals surface area contributed by atoms with E-state index in [0.717, 1.165) is 10.6 Å². The molecule has 1 unspecified atom stereocenters. The van der Waals surface area contributed by atoms with E-state index < -0.39 is 11.5 Å². The highest BCUT2D eigenvalue weighted by molar-refractivity contribution is 7.13. The van der Waals surface area contributed by atoms with Crippen LogP contribution in [0.15, 0.2) is 28.4 Å². The van der Waals surface area contributed by atoms with Crippen LogP contribution in [0.4, 0.5) is 0 Å². The summed E-state index contributed by atoms with van der Waals surface area (Å²) in [6, 6.07) is 1.81. The molecule has 2 rings (SSSR count).